The van der Waals surface area contributed by atoms with Crippen LogP contribution in [0.4, 0.5) is 10.5 Å². The molecule has 0 atom stereocenters. The average Bonchev–Trinajstić information content (AvgIpc) is 2.72. The first kappa shape index (κ1) is 19.9. The minimum absolute atomic E-state index is 0.107. The number of hydrogen-bond acceptors (Lipinski definition) is 3. The summed E-state index contributed by atoms with van der Waals surface area (Å²) in [5, 5.41) is 9.01. The van der Waals surface area contributed by atoms with Gasteiger partial charge in [0.15, 0.2) is 0 Å². The van der Waals surface area contributed by atoms with Gasteiger partial charge in [-0.05, 0) is 41.8 Å². The lowest BCUT2D eigenvalue weighted by atomic mass is 10.0. The van der Waals surface area contributed by atoms with Crippen molar-refractivity contribution in [3.63, 3.8) is 0 Å². The van der Waals surface area contributed by atoms with E-state index in [9.17, 15) is 9.59 Å². The van der Waals surface area contributed by atoms with Crippen LogP contribution < -0.4 is 16.0 Å². The molecule has 148 valence electrons. The maximum atomic E-state index is 12.4. The minimum atomic E-state index is -0.116. The zero-order valence-corrected chi connectivity index (χ0v) is 16.3. The van der Waals surface area contributed by atoms with E-state index in [-0.39, 0.29) is 18.4 Å². The van der Waals surface area contributed by atoms with Gasteiger partial charge >= 0.3 is 6.03 Å². The molecule has 0 radical (unpaired) electrons. The van der Waals surface area contributed by atoms with Crippen molar-refractivity contribution in [2.75, 3.05) is 25.0 Å². The Balaban J connectivity index is 1.41. The molecule has 0 saturated carbocycles. The summed E-state index contributed by atoms with van der Waals surface area (Å²) in [7, 11) is 0. The molecule has 2 aromatic rings. The van der Waals surface area contributed by atoms with Gasteiger partial charge in [-0.25, -0.2) is 4.79 Å². The van der Waals surface area contributed by atoms with E-state index in [1.807, 2.05) is 36.4 Å². The number of urea groups is 1. The Morgan fingerprint density at radius 3 is 2.71 bits per heavy atom. The fourth-order valence-electron chi connectivity index (χ4n) is 3.32. The number of rotatable bonds is 7. The standard InChI is InChI=1S/C22H28N4O2/c1-2-23-15-17-6-5-9-20(14-17)25-21(27)10-12-24-22(28)26-13-11-18-7-3-4-8-19(18)16-26/h3-9,14,23H,2,10-13,15-16H2,1H3,(H,24,28)(H,25,27). The van der Waals surface area contributed by atoms with E-state index in [1.165, 1.54) is 11.1 Å². The number of nitrogens with one attached hydrogen (secondary N) is 3. The maximum Gasteiger partial charge on any atom is 0.317 e. The predicted octanol–water partition coefficient (Wildman–Crippen LogP) is 2.89. The van der Waals surface area contributed by atoms with Gasteiger partial charge in [-0.2, -0.15) is 0 Å². The van der Waals surface area contributed by atoms with Crippen LogP contribution in [0.2, 0.25) is 0 Å². The quantitative estimate of drug-likeness (QED) is 0.692. The van der Waals surface area contributed by atoms with Crippen LogP contribution >= 0.6 is 0 Å². The highest BCUT2D eigenvalue weighted by Gasteiger charge is 2.20. The fraction of sp³-hybridized carbons (Fsp3) is 0.364. The highest BCUT2D eigenvalue weighted by molar-refractivity contribution is 5.91. The largest absolute Gasteiger partial charge is 0.337 e. The first-order valence-electron chi connectivity index (χ1n) is 9.85. The van der Waals surface area contributed by atoms with Gasteiger partial charge in [-0.15, -0.1) is 0 Å². The Morgan fingerprint density at radius 1 is 1.07 bits per heavy atom. The molecule has 3 rings (SSSR count). The monoisotopic (exact) mass is 380 g/mol. The lowest BCUT2D eigenvalue weighted by molar-refractivity contribution is -0.116. The number of benzene rings is 2. The minimum Gasteiger partial charge on any atom is -0.337 e. The van der Waals surface area contributed by atoms with Crippen molar-refractivity contribution in [3.05, 3.63) is 65.2 Å². The SMILES string of the molecule is CCNCc1cccc(NC(=O)CCNC(=O)N2CCc3ccccc3C2)c1. The molecule has 3 N–H and O–H groups in total. The van der Waals surface area contributed by atoms with Gasteiger partial charge in [0.2, 0.25) is 5.91 Å². The summed E-state index contributed by atoms with van der Waals surface area (Å²) >= 11 is 0. The molecule has 1 heterocycles. The molecule has 0 spiro atoms. The van der Waals surface area contributed by atoms with Crippen molar-refractivity contribution in [3.8, 4) is 0 Å². The molecule has 2 aromatic carbocycles. The van der Waals surface area contributed by atoms with E-state index in [1.54, 1.807) is 4.90 Å². The number of fused-ring (bicyclic) bond motifs is 1. The smallest absolute Gasteiger partial charge is 0.317 e. The van der Waals surface area contributed by atoms with Crippen LogP contribution in [0.3, 0.4) is 0 Å². The average molecular weight is 380 g/mol. The second-order valence-electron chi connectivity index (χ2n) is 6.95. The molecular weight excluding hydrogens is 352 g/mol. The topological polar surface area (TPSA) is 73.5 Å². The van der Waals surface area contributed by atoms with E-state index in [0.717, 1.165) is 30.8 Å². The van der Waals surface area contributed by atoms with Crippen LogP contribution in [-0.4, -0.2) is 36.5 Å². The van der Waals surface area contributed by atoms with Crippen molar-refractivity contribution in [1.29, 1.82) is 0 Å². The van der Waals surface area contributed by atoms with Crippen LogP contribution in [0.15, 0.2) is 48.5 Å². The van der Waals surface area contributed by atoms with Gasteiger partial charge in [0.25, 0.3) is 0 Å². The van der Waals surface area contributed by atoms with Crippen molar-refractivity contribution >= 4 is 17.6 Å². The number of anilines is 1. The third kappa shape index (κ3) is 5.57. The molecule has 1 aliphatic rings. The van der Waals surface area contributed by atoms with Crippen molar-refractivity contribution in [2.45, 2.75) is 32.9 Å². The first-order chi connectivity index (χ1) is 13.7. The summed E-state index contributed by atoms with van der Waals surface area (Å²) < 4.78 is 0. The summed E-state index contributed by atoms with van der Waals surface area (Å²) in [6.45, 7) is 5.37. The predicted molar refractivity (Wildman–Crippen MR) is 111 cm³/mol. The Labute approximate surface area is 166 Å². The number of carbonyl (C=O) groups excluding carboxylic acids is 2. The molecule has 6 nitrogen and oxygen atoms in total. The third-order valence-electron chi connectivity index (χ3n) is 4.84. The second kappa shape index (κ2) is 9.90. The highest BCUT2D eigenvalue weighted by atomic mass is 16.2. The Bertz CT molecular complexity index is 822. The van der Waals surface area contributed by atoms with Gasteiger partial charge in [-0.3, -0.25) is 4.79 Å². The number of nitrogens with zero attached hydrogens (tertiary/aromatic N) is 1. The summed E-state index contributed by atoms with van der Waals surface area (Å²) in [5.41, 5.74) is 4.40. The van der Waals surface area contributed by atoms with Crippen LogP contribution in [-0.2, 0) is 24.3 Å². The highest BCUT2D eigenvalue weighted by Crippen LogP contribution is 2.18. The summed E-state index contributed by atoms with van der Waals surface area (Å²) in [6, 6.07) is 15.9. The van der Waals surface area contributed by atoms with Gasteiger partial charge in [0.1, 0.15) is 0 Å². The van der Waals surface area contributed by atoms with E-state index >= 15 is 0 Å². The van der Waals surface area contributed by atoms with Gasteiger partial charge in [0, 0.05) is 38.3 Å². The second-order valence-corrected chi connectivity index (χ2v) is 6.95. The Kier molecular flexibility index (Phi) is 7.03. The van der Waals surface area contributed by atoms with E-state index in [0.29, 0.717) is 19.6 Å². The van der Waals surface area contributed by atoms with Crippen molar-refractivity contribution < 1.29 is 9.59 Å². The normalized spacial score (nSPS) is 13.0. The van der Waals surface area contributed by atoms with Crippen molar-refractivity contribution in [1.82, 2.24) is 15.5 Å². The lowest BCUT2D eigenvalue weighted by Gasteiger charge is -2.28. The Morgan fingerprint density at radius 2 is 1.89 bits per heavy atom. The van der Waals surface area contributed by atoms with E-state index in [2.05, 4.69) is 35.0 Å². The fourth-order valence-corrected chi connectivity index (χ4v) is 3.32. The molecule has 3 amide bonds. The molecule has 6 heteroatoms. The van der Waals surface area contributed by atoms with Gasteiger partial charge in [-0.1, -0.05) is 43.3 Å². The van der Waals surface area contributed by atoms with Crippen LogP contribution in [0.25, 0.3) is 0 Å². The summed E-state index contributed by atoms with van der Waals surface area (Å²) in [5.74, 6) is -0.107. The molecule has 0 aromatic heterocycles. The maximum absolute atomic E-state index is 12.4. The zero-order valence-electron chi connectivity index (χ0n) is 16.3. The first-order valence-corrected chi connectivity index (χ1v) is 9.85. The molecule has 1 aliphatic heterocycles. The molecule has 0 unspecified atom stereocenters. The van der Waals surface area contributed by atoms with Crippen LogP contribution in [0, 0.1) is 0 Å². The van der Waals surface area contributed by atoms with E-state index in [4.69, 9.17) is 0 Å². The van der Waals surface area contributed by atoms with Crippen molar-refractivity contribution in [2.24, 2.45) is 0 Å². The lowest BCUT2D eigenvalue weighted by Crippen LogP contribution is -2.43. The Hall–Kier alpha value is -2.86. The molecular formula is C22H28N4O2. The van der Waals surface area contributed by atoms with Gasteiger partial charge < -0.3 is 20.9 Å². The summed E-state index contributed by atoms with van der Waals surface area (Å²) in [4.78, 5) is 26.3. The van der Waals surface area contributed by atoms with Gasteiger partial charge in [0.05, 0.1) is 0 Å². The van der Waals surface area contributed by atoms with Crippen LogP contribution in [0.1, 0.15) is 30.0 Å². The number of carbonyl (C=O) groups is 2. The number of amides is 3. The zero-order chi connectivity index (χ0) is 19.8. The molecule has 0 aliphatic carbocycles. The number of hydrogen-bond donors (Lipinski definition) is 3. The molecule has 28 heavy (non-hydrogen) atoms. The summed E-state index contributed by atoms with van der Waals surface area (Å²) in [6.07, 6.45) is 1.11. The molecule has 0 bridgehead atoms. The molecule has 0 fully saturated rings. The van der Waals surface area contributed by atoms with E-state index < -0.39 is 0 Å². The van der Waals surface area contributed by atoms with Crippen LogP contribution in [0.5, 0.6) is 0 Å². The molecule has 0 saturated heterocycles. The third-order valence-corrected chi connectivity index (χ3v) is 4.84.